The minimum absolute atomic E-state index is 0.160. The van der Waals surface area contributed by atoms with Crippen LogP contribution in [0.2, 0.25) is 0 Å². The number of aliphatic hydroxyl groups is 6. The van der Waals surface area contributed by atoms with Crippen molar-refractivity contribution in [2.24, 2.45) is 0 Å². The second kappa shape index (κ2) is 6.11. The van der Waals surface area contributed by atoms with E-state index >= 15 is 0 Å². The Morgan fingerprint density at radius 3 is 2.45 bits per heavy atom. The number of rotatable bonds is 3. The minimum Gasteiger partial charge on any atom is -0.392 e. The first-order valence-electron chi connectivity index (χ1n) is 7.19. The molecule has 1 aliphatic carbocycles. The van der Waals surface area contributed by atoms with Gasteiger partial charge in [-0.3, -0.25) is 5.32 Å². The highest BCUT2D eigenvalue weighted by Crippen LogP contribution is 2.29. The topological polar surface area (TPSA) is 152 Å². The predicted molar refractivity (Wildman–Crippen MR) is 70.5 cm³/mol. The quantitative estimate of drug-likeness (QED) is 0.257. The maximum atomic E-state index is 10.1. The van der Waals surface area contributed by atoms with Crippen LogP contribution in [0.3, 0.4) is 0 Å². The summed E-state index contributed by atoms with van der Waals surface area (Å²) in [5.41, 5.74) is 0.160. The van der Waals surface area contributed by atoms with Crippen molar-refractivity contribution in [2.75, 3.05) is 13.2 Å². The highest BCUT2D eigenvalue weighted by atomic mass is 16.7. The molecule has 0 aromatic carbocycles. The molecule has 0 spiro atoms. The van der Waals surface area contributed by atoms with Gasteiger partial charge in [-0.15, -0.1) is 0 Å². The maximum absolute atomic E-state index is 10.1. The number of hydrogen-bond donors (Lipinski definition) is 7. The molecule has 2 heterocycles. The van der Waals surface area contributed by atoms with E-state index in [4.69, 9.17) is 9.47 Å². The van der Waals surface area contributed by atoms with Crippen molar-refractivity contribution in [3.8, 4) is 0 Å². The van der Waals surface area contributed by atoms with E-state index < -0.39 is 61.6 Å². The summed E-state index contributed by atoms with van der Waals surface area (Å²) in [6.07, 6.45) is -6.48. The standard InChI is InChI=1S/C13H21NO8/c15-2-4-1-5(9(17)12(20)8(4)16)14-7-11(19)10(18)6-3-21-13(7)22-6/h1,5-20H,2-3H2. The lowest BCUT2D eigenvalue weighted by Gasteiger charge is -2.41. The van der Waals surface area contributed by atoms with E-state index in [1.165, 1.54) is 6.08 Å². The van der Waals surface area contributed by atoms with Crippen LogP contribution in [0.1, 0.15) is 0 Å². The zero-order chi connectivity index (χ0) is 16.0. The Kier molecular flexibility index (Phi) is 4.52. The molecule has 2 saturated heterocycles. The van der Waals surface area contributed by atoms with Crippen LogP contribution in [-0.2, 0) is 9.47 Å². The maximum Gasteiger partial charge on any atom is 0.176 e. The second-order valence-corrected chi connectivity index (χ2v) is 5.90. The van der Waals surface area contributed by atoms with Crippen LogP contribution >= 0.6 is 0 Å². The van der Waals surface area contributed by atoms with Gasteiger partial charge in [0.1, 0.15) is 36.6 Å². The van der Waals surface area contributed by atoms with Crippen LogP contribution in [0.5, 0.6) is 0 Å². The Hall–Kier alpha value is -0.620. The molecule has 9 heteroatoms. The first-order valence-corrected chi connectivity index (χ1v) is 7.19. The fourth-order valence-corrected chi connectivity index (χ4v) is 3.14. The van der Waals surface area contributed by atoms with Crippen molar-refractivity contribution < 1.29 is 40.1 Å². The molecule has 7 N–H and O–H groups in total. The van der Waals surface area contributed by atoms with E-state index in [2.05, 4.69) is 5.32 Å². The van der Waals surface area contributed by atoms with Crippen LogP contribution in [0.15, 0.2) is 11.6 Å². The molecule has 2 bridgehead atoms. The summed E-state index contributed by atoms with van der Waals surface area (Å²) >= 11 is 0. The summed E-state index contributed by atoms with van der Waals surface area (Å²) in [6, 6.07) is -1.68. The molecule has 9 nitrogen and oxygen atoms in total. The summed E-state index contributed by atoms with van der Waals surface area (Å²) < 4.78 is 10.8. The third-order valence-corrected chi connectivity index (χ3v) is 4.51. The predicted octanol–water partition coefficient (Wildman–Crippen LogP) is -4.19. The number of nitrogens with one attached hydrogen (secondary N) is 1. The molecular formula is C13H21NO8. The van der Waals surface area contributed by atoms with Gasteiger partial charge >= 0.3 is 0 Å². The lowest BCUT2D eigenvalue weighted by Crippen LogP contribution is -2.64. The summed E-state index contributed by atoms with van der Waals surface area (Å²) in [7, 11) is 0. The molecule has 9 atom stereocenters. The normalized spacial score (nSPS) is 51.7. The van der Waals surface area contributed by atoms with Crippen LogP contribution in [0.4, 0.5) is 0 Å². The Balaban J connectivity index is 1.78. The monoisotopic (exact) mass is 319 g/mol. The summed E-state index contributed by atoms with van der Waals surface area (Å²) in [4.78, 5) is 0. The third kappa shape index (κ3) is 2.58. The van der Waals surface area contributed by atoms with Gasteiger partial charge < -0.3 is 40.1 Å². The van der Waals surface area contributed by atoms with Crippen molar-refractivity contribution in [1.29, 1.82) is 0 Å². The van der Waals surface area contributed by atoms with Crippen molar-refractivity contribution in [3.05, 3.63) is 11.6 Å². The molecule has 3 aliphatic rings. The molecule has 126 valence electrons. The van der Waals surface area contributed by atoms with Gasteiger partial charge in [0.2, 0.25) is 0 Å². The fraction of sp³-hybridized carbons (Fsp3) is 0.846. The molecule has 0 aromatic rings. The van der Waals surface area contributed by atoms with E-state index in [1.54, 1.807) is 0 Å². The van der Waals surface area contributed by atoms with E-state index in [0.29, 0.717) is 0 Å². The van der Waals surface area contributed by atoms with Gasteiger partial charge in [-0.05, 0) is 5.57 Å². The first kappa shape index (κ1) is 16.2. The van der Waals surface area contributed by atoms with E-state index in [9.17, 15) is 30.6 Å². The second-order valence-electron chi connectivity index (χ2n) is 5.90. The van der Waals surface area contributed by atoms with E-state index in [-0.39, 0.29) is 12.2 Å². The Morgan fingerprint density at radius 1 is 1.05 bits per heavy atom. The molecule has 2 aliphatic heterocycles. The Morgan fingerprint density at radius 2 is 1.77 bits per heavy atom. The zero-order valence-corrected chi connectivity index (χ0v) is 11.7. The number of ether oxygens (including phenoxy) is 2. The van der Waals surface area contributed by atoms with Crippen LogP contribution < -0.4 is 5.32 Å². The lowest BCUT2D eigenvalue weighted by molar-refractivity contribution is -0.189. The van der Waals surface area contributed by atoms with Crippen molar-refractivity contribution in [2.45, 2.75) is 55.0 Å². The van der Waals surface area contributed by atoms with E-state index in [1.807, 2.05) is 0 Å². The molecule has 0 aromatic heterocycles. The third-order valence-electron chi connectivity index (χ3n) is 4.51. The summed E-state index contributed by atoms with van der Waals surface area (Å²) in [5.74, 6) is 0. The number of fused-ring (bicyclic) bond motifs is 2. The number of aliphatic hydroxyl groups excluding tert-OH is 6. The molecule has 9 unspecified atom stereocenters. The average molecular weight is 319 g/mol. The van der Waals surface area contributed by atoms with Crippen LogP contribution in [-0.4, -0.2) is 98.9 Å². The van der Waals surface area contributed by atoms with Crippen LogP contribution in [0, 0.1) is 0 Å². The number of hydrogen-bond acceptors (Lipinski definition) is 9. The van der Waals surface area contributed by atoms with Crippen LogP contribution in [0.25, 0.3) is 0 Å². The highest BCUT2D eigenvalue weighted by molar-refractivity contribution is 5.22. The first-order chi connectivity index (χ1) is 10.4. The van der Waals surface area contributed by atoms with Gasteiger partial charge in [-0.2, -0.15) is 0 Å². The van der Waals surface area contributed by atoms with Crippen molar-refractivity contribution in [3.63, 3.8) is 0 Å². The van der Waals surface area contributed by atoms with Gasteiger partial charge in [0.15, 0.2) is 6.29 Å². The van der Waals surface area contributed by atoms with Gasteiger partial charge in [0, 0.05) is 0 Å². The summed E-state index contributed by atoms with van der Waals surface area (Å²) in [6.45, 7) is -0.315. The van der Waals surface area contributed by atoms with Crippen molar-refractivity contribution in [1.82, 2.24) is 5.32 Å². The SMILES string of the molecule is OCC1=CC(NC2C3OCC(O3)C(O)C2O)C(O)C(O)C1O. The molecule has 0 radical (unpaired) electrons. The molecule has 3 rings (SSSR count). The highest BCUT2D eigenvalue weighted by Gasteiger charge is 2.51. The van der Waals surface area contributed by atoms with Gasteiger partial charge in [0.25, 0.3) is 0 Å². The smallest absolute Gasteiger partial charge is 0.176 e. The molecular weight excluding hydrogens is 298 g/mol. The van der Waals surface area contributed by atoms with Gasteiger partial charge in [0.05, 0.1) is 25.3 Å². The Labute approximate surface area is 126 Å². The largest absolute Gasteiger partial charge is 0.392 e. The molecule has 22 heavy (non-hydrogen) atoms. The van der Waals surface area contributed by atoms with Gasteiger partial charge in [-0.25, -0.2) is 0 Å². The average Bonchev–Trinajstić information content (AvgIpc) is 2.96. The fourth-order valence-electron chi connectivity index (χ4n) is 3.14. The summed E-state index contributed by atoms with van der Waals surface area (Å²) in [5, 5.41) is 61.7. The van der Waals surface area contributed by atoms with E-state index in [0.717, 1.165) is 0 Å². The molecule has 2 fully saturated rings. The van der Waals surface area contributed by atoms with Crippen molar-refractivity contribution >= 4 is 0 Å². The minimum atomic E-state index is -1.48. The molecule has 0 amide bonds. The molecule has 0 saturated carbocycles. The van der Waals surface area contributed by atoms with Gasteiger partial charge in [-0.1, -0.05) is 6.08 Å². The Bertz CT molecular complexity index is 446. The lowest BCUT2D eigenvalue weighted by atomic mass is 9.87. The zero-order valence-electron chi connectivity index (χ0n) is 11.7.